The van der Waals surface area contributed by atoms with Crippen molar-refractivity contribution in [2.75, 3.05) is 19.0 Å². The van der Waals surface area contributed by atoms with E-state index in [1.165, 1.54) is 24.8 Å². The lowest BCUT2D eigenvalue weighted by molar-refractivity contribution is 0.202. The molecule has 0 aromatic heterocycles. The topological polar surface area (TPSA) is 45.0 Å². The van der Waals surface area contributed by atoms with Crippen molar-refractivity contribution in [3.8, 4) is 6.07 Å². The third-order valence-electron chi connectivity index (χ3n) is 4.12. The molecule has 2 atom stereocenters. The quantitative estimate of drug-likeness (QED) is 0.830. The van der Waals surface area contributed by atoms with Crippen LogP contribution in [0.4, 0.5) is 5.69 Å². The van der Waals surface area contributed by atoms with Crippen LogP contribution in [0.1, 0.15) is 37.7 Å². The maximum absolute atomic E-state index is 9.37. The minimum Gasteiger partial charge on any atom is -0.384 e. The van der Waals surface area contributed by atoms with E-state index in [9.17, 15) is 5.26 Å². The number of rotatable bonds is 5. The molecule has 0 heterocycles. The second kappa shape index (κ2) is 7.91. The number of methoxy groups -OCH3 is 1. The summed E-state index contributed by atoms with van der Waals surface area (Å²) in [6.07, 6.45) is 6.67. The van der Waals surface area contributed by atoms with Gasteiger partial charge in [0.25, 0.3) is 0 Å². The molecule has 0 bridgehead atoms. The number of hydrogen-bond donors (Lipinski definition) is 1. The van der Waals surface area contributed by atoms with Gasteiger partial charge in [0.2, 0.25) is 0 Å². The maximum Gasteiger partial charge on any atom is 0.0677 e. The Morgan fingerprint density at radius 2 is 2.05 bits per heavy atom. The number of nitrogens with zero attached hydrogens (tertiary/aromatic N) is 1. The molecule has 0 amide bonds. The molecule has 3 nitrogen and oxygen atoms in total. The highest BCUT2D eigenvalue weighted by Crippen LogP contribution is 2.27. The number of hydrogen-bond acceptors (Lipinski definition) is 3. The Labute approximate surface area is 121 Å². The Morgan fingerprint density at radius 1 is 1.25 bits per heavy atom. The number of ether oxygens (including phenoxy) is 1. The molecule has 0 spiro atoms. The van der Waals surface area contributed by atoms with E-state index in [-0.39, 0.29) is 12.0 Å². The molecule has 108 valence electrons. The van der Waals surface area contributed by atoms with Crippen LogP contribution in [-0.2, 0) is 11.2 Å². The zero-order valence-corrected chi connectivity index (χ0v) is 12.3. The van der Waals surface area contributed by atoms with Gasteiger partial charge in [0.1, 0.15) is 0 Å². The molecule has 3 heteroatoms. The van der Waals surface area contributed by atoms with Gasteiger partial charge in [-0.15, -0.1) is 0 Å². The van der Waals surface area contributed by atoms with Crippen LogP contribution in [0.3, 0.4) is 0 Å². The lowest BCUT2D eigenvalue weighted by Gasteiger charge is -2.23. The SMILES string of the molecule is COCCc1ccccc1NC1CCCCCC1C#N. The van der Waals surface area contributed by atoms with Gasteiger partial charge >= 0.3 is 0 Å². The van der Waals surface area contributed by atoms with Crippen molar-refractivity contribution >= 4 is 5.69 Å². The smallest absolute Gasteiger partial charge is 0.0677 e. The van der Waals surface area contributed by atoms with Gasteiger partial charge < -0.3 is 10.1 Å². The standard InChI is InChI=1S/C17H24N2O/c1-20-12-11-14-7-5-6-10-16(14)19-17-9-4-2-3-8-15(17)13-18/h5-7,10,15,17,19H,2-4,8-9,11-12H2,1H3. The van der Waals surface area contributed by atoms with E-state index in [0.29, 0.717) is 0 Å². The molecule has 0 radical (unpaired) electrons. The van der Waals surface area contributed by atoms with Gasteiger partial charge in [-0.2, -0.15) is 5.26 Å². The Kier molecular flexibility index (Phi) is 5.88. The van der Waals surface area contributed by atoms with Crippen LogP contribution in [0, 0.1) is 17.2 Å². The van der Waals surface area contributed by atoms with E-state index in [4.69, 9.17) is 4.74 Å². The van der Waals surface area contributed by atoms with Crippen molar-refractivity contribution in [1.29, 1.82) is 5.26 Å². The van der Waals surface area contributed by atoms with Gasteiger partial charge in [-0.25, -0.2) is 0 Å². The minimum atomic E-state index is 0.132. The molecule has 0 aliphatic heterocycles. The van der Waals surface area contributed by atoms with Gasteiger partial charge in [0.05, 0.1) is 18.6 Å². The Bertz CT molecular complexity index is 453. The van der Waals surface area contributed by atoms with Crippen molar-refractivity contribution in [2.45, 2.75) is 44.6 Å². The van der Waals surface area contributed by atoms with E-state index in [1.54, 1.807) is 7.11 Å². The van der Waals surface area contributed by atoms with Crippen LogP contribution in [0.25, 0.3) is 0 Å². The summed E-state index contributed by atoms with van der Waals surface area (Å²) < 4.78 is 5.17. The summed E-state index contributed by atoms with van der Waals surface area (Å²) in [5.74, 6) is 0.132. The number of anilines is 1. The molecule has 2 rings (SSSR count). The zero-order chi connectivity index (χ0) is 14.2. The highest BCUT2D eigenvalue weighted by molar-refractivity contribution is 5.52. The van der Waals surface area contributed by atoms with Crippen LogP contribution >= 0.6 is 0 Å². The molecule has 0 saturated heterocycles. The maximum atomic E-state index is 9.37. The van der Waals surface area contributed by atoms with E-state index >= 15 is 0 Å². The highest BCUT2D eigenvalue weighted by Gasteiger charge is 2.23. The first-order valence-electron chi connectivity index (χ1n) is 7.58. The molecule has 1 N–H and O–H groups in total. The predicted molar refractivity (Wildman–Crippen MR) is 81.6 cm³/mol. The van der Waals surface area contributed by atoms with E-state index < -0.39 is 0 Å². The predicted octanol–water partition coefficient (Wildman–Crippen LogP) is 3.76. The van der Waals surface area contributed by atoms with Crippen molar-refractivity contribution in [3.63, 3.8) is 0 Å². The van der Waals surface area contributed by atoms with Crippen molar-refractivity contribution in [2.24, 2.45) is 5.92 Å². The molecule has 1 saturated carbocycles. The fourth-order valence-electron chi connectivity index (χ4n) is 2.93. The summed E-state index contributed by atoms with van der Waals surface area (Å²) >= 11 is 0. The first kappa shape index (κ1) is 14.9. The lowest BCUT2D eigenvalue weighted by atomic mass is 9.95. The summed E-state index contributed by atoms with van der Waals surface area (Å²) in [6, 6.07) is 11.1. The number of benzene rings is 1. The molecule has 1 aromatic carbocycles. The van der Waals surface area contributed by atoms with E-state index in [1.807, 2.05) is 0 Å². The molecule has 1 aliphatic carbocycles. The first-order chi connectivity index (χ1) is 9.85. The molecule has 1 aliphatic rings. The third-order valence-corrected chi connectivity index (χ3v) is 4.12. The molecule has 1 aromatic rings. The van der Waals surface area contributed by atoms with Crippen LogP contribution in [-0.4, -0.2) is 19.8 Å². The molecular weight excluding hydrogens is 248 g/mol. The van der Waals surface area contributed by atoms with Crippen molar-refractivity contribution in [1.82, 2.24) is 0 Å². The number of para-hydroxylation sites is 1. The zero-order valence-electron chi connectivity index (χ0n) is 12.3. The first-order valence-corrected chi connectivity index (χ1v) is 7.58. The highest BCUT2D eigenvalue weighted by atomic mass is 16.5. The fraction of sp³-hybridized carbons (Fsp3) is 0.588. The molecule has 20 heavy (non-hydrogen) atoms. The normalized spacial score (nSPS) is 22.8. The lowest BCUT2D eigenvalue weighted by Crippen LogP contribution is -2.27. The number of nitrogens with one attached hydrogen (secondary N) is 1. The number of nitriles is 1. The molecular formula is C17H24N2O. The van der Waals surface area contributed by atoms with Gasteiger partial charge in [0, 0.05) is 18.8 Å². The third kappa shape index (κ3) is 3.98. The van der Waals surface area contributed by atoms with E-state index in [2.05, 4.69) is 35.7 Å². The van der Waals surface area contributed by atoms with Crippen molar-refractivity contribution < 1.29 is 4.74 Å². The summed E-state index contributed by atoms with van der Waals surface area (Å²) in [5, 5.41) is 13.0. The average Bonchev–Trinajstić information content (AvgIpc) is 2.71. The van der Waals surface area contributed by atoms with Crippen molar-refractivity contribution in [3.05, 3.63) is 29.8 Å². The summed E-state index contributed by atoms with van der Waals surface area (Å²) in [5.41, 5.74) is 2.44. The van der Waals surface area contributed by atoms with Crippen LogP contribution < -0.4 is 5.32 Å². The monoisotopic (exact) mass is 272 g/mol. The largest absolute Gasteiger partial charge is 0.384 e. The van der Waals surface area contributed by atoms with Crippen LogP contribution in [0.2, 0.25) is 0 Å². The van der Waals surface area contributed by atoms with Crippen LogP contribution in [0.5, 0.6) is 0 Å². The molecule has 2 unspecified atom stereocenters. The second-order valence-electron chi connectivity index (χ2n) is 5.52. The Morgan fingerprint density at radius 3 is 2.85 bits per heavy atom. The van der Waals surface area contributed by atoms with Gasteiger partial charge in [-0.05, 0) is 30.9 Å². The van der Waals surface area contributed by atoms with E-state index in [0.717, 1.165) is 31.6 Å². The summed E-state index contributed by atoms with van der Waals surface area (Å²) in [4.78, 5) is 0. The molecule has 1 fully saturated rings. The minimum absolute atomic E-state index is 0.132. The summed E-state index contributed by atoms with van der Waals surface area (Å²) in [7, 11) is 1.73. The summed E-state index contributed by atoms with van der Waals surface area (Å²) in [6.45, 7) is 0.727. The average molecular weight is 272 g/mol. The van der Waals surface area contributed by atoms with Gasteiger partial charge in [-0.3, -0.25) is 0 Å². The van der Waals surface area contributed by atoms with Crippen LogP contribution in [0.15, 0.2) is 24.3 Å². The van der Waals surface area contributed by atoms with Gasteiger partial charge in [0.15, 0.2) is 0 Å². The Hall–Kier alpha value is -1.53. The van der Waals surface area contributed by atoms with Gasteiger partial charge in [-0.1, -0.05) is 37.5 Å². The fourth-order valence-corrected chi connectivity index (χ4v) is 2.93. The second-order valence-corrected chi connectivity index (χ2v) is 5.52. The Balaban J connectivity index is 2.09.